The summed E-state index contributed by atoms with van der Waals surface area (Å²) in [6.45, 7) is 0.266. The summed E-state index contributed by atoms with van der Waals surface area (Å²) in [5, 5.41) is 21.7. The van der Waals surface area contributed by atoms with Gasteiger partial charge in [0.1, 0.15) is 11.4 Å². The van der Waals surface area contributed by atoms with E-state index in [9.17, 15) is 19.6 Å². The molecule has 1 saturated heterocycles. The number of anilines is 1. The molecule has 0 radical (unpaired) electrons. The molecule has 2 aromatic rings. The first-order valence-electron chi connectivity index (χ1n) is 6.42. The lowest BCUT2D eigenvalue weighted by Crippen LogP contribution is -2.60. The van der Waals surface area contributed by atoms with E-state index in [0.29, 0.717) is 5.56 Å². The van der Waals surface area contributed by atoms with Crippen LogP contribution in [-0.4, -0.2) is 28.1 Å². The Bertz CT molecular complexity index is 733. The molecule has 0 atom stereocenters. The Balaban J connectivity index is 1.84. The maximum atomic E-state index is 12.9. The lowest BCUT2D eigenvalue weighted by molar-refractivity contribution is -0.384. The quantitative estimate of drug-likeness (QED) is 0.693. The van der Waals surface area contributed by atoms with Gasteiger partial charge < -0.3 is 10.0 Å². The van der Waals surface area contributed by atoms with Gasteiger partial charge in [-0.15, -0.1) is 0 Å². The summed E-state index contributed by atoms with van der Waals surface area (Å²) in [4.78, 5) is 16.1. The number of rotatable bonds is 3. The topological polar surface area (TPSA) is 79.5 Å². The van der Waals surface area contributed by atoms with E-state index >= 15 is 0 Å². The van der Waals surface area contributed by atoms with Crippen LogP contribution in [0.3, 0.4) is 0 Å². The average molecular weight is 324 g/mol. The van der Waals surface area contributed by atoms with Crippen molar-refractivity contribution in [2.24, 2.45) is 0 Å². The third kappa shape index (κ3) is 2.49. The van der Waals surface area contributed by atoms with Crippen molar-refractivity contribution >= 4 is 23.1 Å². The van der Waals surface area contributed by atoms with Gasteiger partial charge in [-0.3, -0.25) is 10.1 Å². The predicted molar refractivity (Wildman–Crippen MR) is 78.4 cm³/mol. The van der Waals surface area contributed by atoms with E-state index in [1.54, 1.807) is 4.90 Å². The third-order valence-electron chi connectivity index (χ3n) is 3.60. The van der Waals surface area contributed by atoms with E-state index in [4.69, 9.17) is 11.6 Å². The van der Waals surface area contributed by atoms with E-state index in [-0.39, 0.29) is 29.6 Å². The van der Waals surface area contributed by atoms with Crippen LogP contribution < -0.4 is 4.90 Å². The van der Waals surface area contributed by atoms with Crippen molar-refractivity contribution in [1.82, 2.24) is 4.98 Å². The molecule has 8 heteroatoms. The summed E-state index contributed by atoms with van der Waals surface area (Å²) in [6.07, 6.45) is 1.32. The smallest absolute Gasteiger partial charge is 0.313 e. The number of pyridine rings is 1. The highest BCUT2D eigenvalue weighted by atomic mass is 35.5. The summed E-state index contributed by atoms with van der Waals surface area (Å²) < 4.78 is 12.9. The predicted octanol–water partition coefficient (Wildman–Crippen LogP) is 2.49. The number of aliphatic hydroxyl groups is 1. The van der Waals surface area contributed by atoms with Crippen molar-refractivity contribution in [2.45, 2.75) is 5.60 Å². The number of aromatic nitrogens is 1. The van der Waals surface area contributed by atoms with Crippen LogP contribution in [0.4, 0.5) is 15.9 Å². The number of nitrogens with zero attached hydrogens (tertiary/aromatic N) is 3. The molecule has 1 aromatic carbocycles. The van der Waals surface area contributed by atoms with Gasteiger partial charge in [0.05, 0.1) is 23.0 Å². The highest BCUT2D eigenvalue weighted by molar-refractivity contribution is 6.30. The molecule has 0 unspecified atom stereocenters. The van der Waals surface area contributed by atoms with E-state index < -0.39 is 16.3 Å². The zero-order valence-electron chi connectivity index (χ0n) is 11.2. The van der Waals surface area contributed by atoms with Crippen molar-refractivity contribution < 1.29 is 14.4 Å². The molecule has 0 aliphatic carbocycles. The van der Waals surface area contributed by atoms with Gasteiger partial charge in [0.25, 0.3) is 0 Å². The lowest BCUT2D eigenvalue weighted by atomic mass is 9.86. The first-order valence-corrected chi connectivity index (χ1v) is 6.80. The average Bonchev–Trinajstić information content (AvgIpc) is 2.45. The number of nitro groups is 1. The van der Waals surface area contributed by atoms with Gasteiger partial charge in [-0.2, -0.15) is 0 Å². The molecule has 0 bridgehead atoms. The minimum absolute atomic E-state index is 0.133. The molecule has 0 saturated carbocycles. The molecule has 1 fully saturated rings. The Morgan fingerprint density at radius 2 is 2.00 bits per heavy atom. The second-order valence-electron chi connectivity index (χ2n) is 5.15. The van der Waals surface area contributed by atoms with Crippen LogP contribution in [0.25, 0.3) is 0 Å². The van der Waals surface area contributed by atoms with E-state index in [0.717, 1.165) is 0 Å². The molecular weight excluding hydrogens is 313 g/mol. The Hall–Kier alpha value is -2.25. The molecular formula is C14H11ClFN3O3. The van der Waals surface area contributed by atoms with Crippen molar-refractivity contribution in [3.63, 3.8) is 0 Å². The van der Waals surface area contributed by atoms with Crippen molar-refractivity contribution in [2.75, 3.05) is 18.0 Å². The highest BCUT2D eigenvalue weighted by Crippen LogP contribution is 2.38. The molecule has 1 aliphatic rings. The molecule has 2 heterocycles. The fourth-order valence-electron chi connectivity index (χ4n) is 2.48. The largest absolute Gasteiger partial charge is 0.381 e. The fourth-order valence-corrected chi connectivity index (χ4v) is 2.63. The van der Waals surface area contributed by atoms with Gasteiger partial charge in [-0.05, 0) is 17.7 Å². The Kier molecular flexibility index (Phi) is 3.46. The van der Waals surface area contributed by atoms with Crippen LogP contribution in [0, 0.1) is 15.9 Å². The molecule has 6 nitrogen and oxygen atoms in total. The molecule has 0 spiro atoms. The molecule has 22 heavy (non-hydrogen) atoms. The summed E-state index contributed by atoms with van der Waals surface area (Å²) in [5.74, 6) is -0.236. The molecule has 0 amide bonds. The molecule has 1 aromatic heterocycles. The van der Waals surface area contributed by atoms with Crippen LogP contribution in [0.2, 0.25) is 5.02 Å². The minimum Gasteiger partial charge on any atom is -0.381 e. The van der Waals surface area contributed by atoms with Gasteiger partial charge in [-0.25, -0.2) is 9.37 Å². The van der Waals surface area contributed by atoms with Crippen molar-refractivity contribution in [3.05, 3.63) is 63.0 Å². The maximum Gasteiger partial charge on any atom is 0.313 e. The fraction of sp³-hybridized carbons (Fsp3) is 0.214. The van der Waals surface area contributed by atoms with Crippen LogP contribution in [0.1, 0.15) is 5.56 Å². The number of hydrogen-bond acceptors (Lipinski definition) is 5. The second kappa shape index (κ2) is 5.19. The number of hydrogen-bond donors (Lipinski definition) is 1. The van der Waals surface area contributed by atoms with Crippen LogP contribution in [0.5, 0.6) is 0 Å². The van der Waals surface area contributed by atoms with Crippen molar-refractivity contribution in [1.29, 1.82) is 0 Å². The molecule has 1 N–H and O–H groups in total. The second-order valence-corrected chi connectivity index (χ2v) is 5.58. The monoisotopic (exact) mass is 323 g/mol. The Morgan fingerprint density at radius 1 is 1.36 bits per heavy atom. The van der Waals surface area contributed by atoms with Gasteiger partial charge in [0.2, 0.25) is 5.82 Å². The molecule has 3 rings (SSSR count). The zero-order chi connectivity index (χ0) is 15.9. The summed E-state index contributed by atoms with van der Waals surface area (Å²) in [6, 6.07) is 6.74. The van der Waals surface area contributed by atoms with Crippen LogP contribution in [-0.2, 0) is 5.60 Å². The van der Waals surface area contributed by atoms with E-state index in [2.05, 4.69) is 4.98 Å². The highest BCUT2D eigenvalue weighted by Gasteiger charge is 2.45. The summed E-state index contributed by atoms with van der Waals surface area (Å²) >= 11 is 5.72. The first kappa shape index (κ1) is 14.7. The molecule has 1 aliphatic heterocycles. The van der Waals surface area contributed by atoms with E-state index in [1.807, 2.05) is 0 Å². The summed E-state index contributed by atoms with van der Waals surface area (Å²) in [5.41, 5.74) is -0.835. The maximum absolute atomic E-state index is 12.9. The van der Waals surface area contributed by atoms with Gasteiger partial charge >= 0.3 is 5.69 Å². The normalized spacial score (nSPS) is 16.2. The zero-order valence-corrected chi connectivity index (χ0v) is 12.0. The number of β-amino-alcohol motifs (C(OH)–C–C–N with tert-alkyl or cyclic N) is 1. The first-order chi connectivity index (χ1) is 10.4. The minimum atomic E-state index is -1.18. The van der Waals surface area contributed by atoms with Gasteiger partial charge in [-0.1, -0.05) is 23.7 Å². The van der Waals surface area contributed by atoms with E-state index in [1.165, 1.54) is 36.5 Å². The van der Waals surface area contributed by atoms with Gasteiger partial charge in [0.15, 0.2) is 0 Å². The lowest BCUT2D eigenvalue weighted by Gasteiger charge is -2.47. The molecule has 114 valence electrons. The van der Waals surface area contributed by atoms with Crippen molar-refractivity contribution in [3.8, 4) is 0 Å². The van der Waals surface area contributed by atoms with Gasteiger partial charge in [0, 0.05) is 12.3 Å². The van der Waals surface area contributed by atoms with Crippen LogP contribution >= 0.6 is 11.6 Å². The standard InChI is InChI=1S/C14H11ClFN3O3/c15-10-5-12(19(21)22)13(17-6-10)18-7-14(20,8-18)9-1-3-11(16)4-2-9/h1-6,20H,7-8H2. The Labute approximate surface area is 129 Å². The number of benzene rings is 1. The van der Waals surface area contributed by atoms with Crippen LogP contribution in [0.15, 0.2) is 36.5 Å². The Morgan fingerprint density at radius 3 is 2.59 bits per heavy atom. The number of halogens is 2. The SMILES string of the molecule is O=[N+]([O-])c1cc(Cl)cnc1N1CC(O)(c2ccc(F)cc2)C1. The summed E-state index contributed by atoms with van der Waals surface area (Å²) in [7, 11) is 0. The third-order valence-corrected chi connectivity index (χ3v) is 3.80.